The van der Waals surface area contributed by atoms with Crippen LogP contribution < -0.4 is 11.1 Å². The first-order valence-electron chi connectivity index (χ1n) is 7.30. The summed E-state index contributed by atoms with van der Waals surface area (Å²) in [6.07, 6.45) is 2.12. The first-order valence-corrected chi connectivity index (χ1v) is 7.30. The predicted octanol–water partition coefficient (Wildman–Crippen LogP) is 0.979. The van der Waals surface area contributed by atoms with Crippen LogP contribution in [0.4, 0.5) is 11.8 Å². The van der Waals surface area contributed by atoms with E-state index in [0.717, 1.165) is 0 Å². The van der Waals surface area contributed by atoms with Crippen LogP contribution in [0.1, 0.15) is 26.3 Å². The largest absolute Gasteiger partial charge is 0.463 e. The lowest BCUT2D eigenvalue weighted by molar-refractivity contribution is -0.144. The maximum atomic E-state index is 10.9. The number of carbonyl (C=O) groups excluding carboxylic acids is 1. The zero-order valence-corrected chi connectivity index (χ0v) is 13.7. The molecule has 2 atom stereocenters. The van der Waals surface area contributed by atoms with Gasteiger partial charge >= 0.3 is 5.97 Å². The number of rotatable bonds is 7. The highest BCUT2D eigenvalue weighted by Crippen LogP contribution is 2.24. The summed E-state index contributed by atoms with van der Waals surface area (Å²) in [5.74, 6) is 0.438. The highest BCUT2D eigenvalue weighted by molar-refractivity contribution is 5.84. The lowest BCUT2D eigenvalue weighted by atomic mass is 10.1. The van der Waals surface area contributed by atoms with Crippen molar-refractivity contribution < 1.29 is 14.3 Å². The molecule has 0 spiro atoms. The van der Waals surface area contributed by atoms with Crippen molar-refractivity contribution in [3.05, 3.63) is 6.33 Å². The third-order valence-corrected chi connectivity index (χ3v) is 3.56. The Bertz CT molecular complexity index is 686. The minimum Gasteiger partial charge on any atom is -0.463 e. The fraction of sp³-hybridized carbons (Fsp3) is 0.571. The number of ether oxygens (including phenoxy) is 2. The number of hydrogen-bond donors (Lipinski definition) is 2. The second-order valence-electron chi connectivity index (χ2n) is 5.25. The number of carbonyl (C=O) groups is 1. The Hall–Kier alpha value is -2.42. The summed E-state index contributed by atoms with van der Waals surface area (Å²) < 4.78 is 12.3. The Morgan fingerprint density at radius 2 is 2.22 bits per heavy atom. The molecule has 2 heterocycles. The molecule has 0 aliphatic heterocycles. The first-order chi connectivity index (χ1) is 11.0. The zero-order valence-electron chi connectivity index (χ0n) is 13.7. The molecular formula is C14H22N6O3. The quantitative estimate of drug-likeness (QED) is 0.724. The summed E-state index contributed by atoms with van der Waals surface area (Å²) in [5.41, 5.74) is 7.06. The van der Waals surface area contributed by atoms with Gasteiger partial charge in [-0.2, -0.15) is 9.97 Å². The highest BCUT2D eigenvalue weighted by atomic mass is 16.6. The maximum Gasteiger partial charge on any atom is 0.302 e. The van der Waals surface area contributed by atoms with Crippen LogP contribution in [0.5, 0.6) is 0 Å². The van der Waals surface area contributed by atoms with Crippen LogP contribution >= 0.6 is 0 Å². The number of hydrogen-bond acceptors (Lipinski definition) is 8. The second kappa shape index (κ2) is 7.23. The molecular weight excluding hydrogens is 300 g/mol. The molecule has 9 heteroatoms. The lowest BCUT2D eigenvalue weighted by Crippen LogP contribution is -2.23. The van der Waals surface area contributed by atoms with Crippen LogP contribution in [0.2, 0.25) is 0 Å². The summed E-state index contributed by atoms with van der Waals surface area (Å²) >= 11 is 0. The lowest BCUT2D eigenvalue weighted by Gasteiger charge is -2.20. The van der Waals surface area contributed by atoms with E-state index in [9.17, 15) is 4.79 Å². The molecule has 0 fully saturated rings. The van der Waals surface area contributed by atoms with Crippen molar-refractivity contribution in [1.82, 2.24) is 19.5 Å². The van der Waals surface area contributed by atoms with Crippen LogP contribution in [0.15, 0.2) is 6.33 Å². The van der Waals surface area contributed by atoms with Gasteiger partial charge in [-0.15, -0.1) is 0 Å². The van der Waals surface area contributed by atoms with Gasteiger partial charge in [-0.3, -0.25) is 4.79 Å². The molecule has 9 nitrogen and oxygen atoms in total. The minimum atomic E-state index is -0.327. The summed E-state index contributed by atoms with van der Waals surface area (Å²) in [6.45, 7) is 3.60. The summed E-state index contributed by atoms with van der Waals surface area (Å²) in [4.78, 5) is 23.7. The molecule has 2 unspecified atom stereocenters. The van der Waals surface area contributed by atoms with Crippen LogP contribution in [0.3, 0.4) is 0 Å². The molecule has 2 aromatic heterocycles. The van der Waals surface area contributed by atoms with Crippen molar-refractivity contribution in [2.75, 3.05) is 31.8 Å². The fourth-order valence-corrected chi connectivity index (χ4v) is 2.37. The van der Waals surface area contributed by atoms with Gasteiger partial charge in [0.05, 0.1) is 12.4 Å². The number of nitrogens with zero attached hydrogens (tertiary/aromatic N) is 4. The monoisotopic (exact) mass is 322 g/mol. The predicted molar refractivity (Wildman–Crippen MR) is 86.0 cm³/mol. The van der Waals surface area contributed by atoms with E-state index in [1.807, 2.05) is 11.5 Å². The summed E-state index contributed by atoms with van der Waals surface area (Å²) in [6, 6.07) is 0.0273. The Morgan fingerprint density at radius 3 is 2.83 bits per heavy atom. The molecule has 23 heavy (non-hydrogen) atoms. The molecule has 2 rings (SSSR count). The van der Waals surface area contributed by atoms with Crippen molar-refractivity contribution in [2.45, 2.75) is 32.4 Å². The van der Waals surface area contributed by atoms with Crippen LogP contribution in [-0.4, -0.2) is 52.4 Å². The molecule has 2 aromatic rings. The maximum absolute atomic E-state index is 10.9. The fourth-order valence-electron chi connectivity index (χ4n) is 2.37. The van der Waals surface area contributed by atoms with Gasteiger partial charge in [0.25, 0.3) is 0 Å². The van der Waals surface area contributed by atoms with Gasteiger partial charge < -0.3 is 25.1 Å². The number of nitrogen functional groups attached to an aromatic ring is 1. The normalized spacial score (nSPS) is 13.7. The molecule has 0 saturated heterocycles. The van der Waals surface area contributed by atoms with Crippen molar-refractivity contribution >= 4 is 28.9 Å². The molecule has 0 radical (unpaired) electrons. The van der Waals surface area contributed by atoms with Crippen LogP contribution in [-0.2, 0) is 14.3 Å². The number of nitrogens with two attached hydrogens (primary N) is 1. The van der Waals surface area contributed by atoms with Gasteiger partial charge in [-0.05, 0) is 13.3 Å². The number of fused-ring (bicyclic) bond motifs is 1. The first kappa shape index (κ1) is 16.9. The van der Waals surface area contributed by atoms with Crippen molar-refractivity contribution in [1.29, 1.82) is 0 Å². The van der Waals surface area contributed by atoms with Crippen LogP contribution in [0, 0.1) is 0 Å². The molecule has 0 bridgehead atoms. The average molecular weight is 322 g/mol. The Labute approximate surface area is 134 Å². The van der Waals surface area contributed by atoms with Crippen molar-refractivity contribution in [3.8, 4) is 0 Å². The zero-order chi connectivity index (χ0) is 17.0. The number of imidazole rings is 1. The Morgan fingerprint density at radius 1 is 1.48 bits per heavy atom. The Balaban J connectivity index is 2.22. The van der Waals surface area contributed by atoms with Gasteiger partial charge in [-0.1, -0.05) is 0 Å². The Kier molecular flexibility index (Phi) is 5.32. The van der Waals surface area contributed by atoms with E-state index in [1.165, 1.54) is 6.92 Å². The smallest absolute Gasteiger partial charge is 0.302 e. The molecule has 0 aliphatic carbocycles. The number of nitrogens with one attached hydrogen (secondary N) is 1. The molecule has 0 amide bonds. The SMILES string of the molecule is CNc1nc(N)nc2c1ncn2C(C)CC(COC(C)=O)OC. The number of anilines is 2. The van der Waals surface area contributed by atoms with Gasteiger partial charge in [0.15, 0.2) is 17.0 Å². The molecule has 3 N–H and O–H groups in total. The van der Waals surface area contributed by atoms with E-state index in [1.54, 1.807) is 20.5 Å². The topological polar surface area (TPSA) is 117 Å². The minimum absolute atomic E-state index is 0.0273. The van der Waals surface area contributed by atoms with E-state index in [-0.39, 0.29) is 30.7 Å². The third-order valence-electron chi connectivity index (χ3n) is 3.56. The number of aromatic nitrogens is 4. The van der Waals surface area contributed by atoms with E-state index in [2.05, 4.69) is 20.3 Å². The summed E-state index contributed by atoms with van der Waals surface area (Å²) in [5, 5.41) is 2.96. The number of methoxy groups -OCH3 is 1. The van der Waals surface area contributed by atoms with E-state index >= 15 is 0 Å². The third kappa shape index (κ3) is 3.86. The molecule has 0 saturated carbocycles. The van der Waals surface area contributed by atoms with E-state index < -0.39 is 0 Å². The second-order valence-corrected chi connectivity index (χ2v) is 5.25. The molecule has 0 aromatic carbocycles. The standard InChI is InChI=1S/C14H22N6O3/c1-8(5-10(22-4)6-23-9(2)21)20-7-17-11-12(16-3)18-14(15)19-13(11)20/h7-8,10H,5-6H2,1-4H3,(H3,15,16,18,19). The van der Waals surface area contributed by atoms with Crippen molar-refractivity contribution in [2.24, 2.45) is 0 Å². The molecule has 0 aliphatic rings. The molecule has 126 valence electrons. The van der Waals surface area contributed by atoms with E-state index in [4.69, 9.17) is 15.2 Å². The highest BCUT2D eigenvalue weighted by Gasteiger charge is 2.19. The number of esters is 1. The van der Waals surface area contributed by atoms with Gasteiger partial charge in [0.1, 0.15) is 6.61 Å². The van der Waals surface area contributed by atoms with Gasteiger partial charge in [0, 0.05) is 27.1 Å². The van der Waals surface area contributed by atoms with Gasteiger partial charge in [0.2, 0.25) is 5.95 Å². The van der Waals surface area contributed by atoms with Crippen LogP contribution in [0.25, 0.3) is 11.2 Å². The van der Waals surface area contributed by atoms with Gasteiger partial charge in [-0.25, -0.2) is 4.98 Å². The summed E-state index contributed by atoms with van der Waals surface area (Å²) in [7, 11) is 3.34. The van der Waals surface area contributed by atoms with Crippen molar-refractivity contribution in [3.63, 3.8) is 0 Å². The van der Waals surface area contributed by atoms with E-state index in [0.29, 0.717) is 23.4 Å². The average Bonchev–Trinajstić information content (AvgIpc) is 2.93.